The van der Waals surface area contributed by atoms with Crippen LogP contribution in [0.3, 0.4) is 0 Å². The van der Waals surface area contributed by atoms with E-state index in [1.165, 1.54) is 0 Å². The number of hydrogen-bond donors (Lipinski definition) is 1. The van der Waals surface area contributed by atoms with Gasteiger partial charge >= 0.3 is 0 Å². The fraction of sp³-hybridized carbons (Fsp3) is 1.00. The van der Waals surface area contributed by atoms with E-state index >= 15 is 0 Å². The lowest BCUT2D eigenvalue weighted by Gasteiger charge is -2.44. The Morgan fingerprint density at radius 1 is 1.00 bits per heavy atom. The normalized spacial score (nSPS) is 14.6. The van der Waals surface area contributed by atoms with Gasteiger partial charge in [-0.2, -0.15) is 0 Å². The van der Waals surface area contributed by atoms with Crippen molar-refractivity contribution in [3.05, 3.63) is 0 Å². The number of ether oxygens (including phenoxy) is 1. The van der Waals surface area contributed by atoms with E-state index in [-0.39, 0.29) is 16.6 Å². The molecular formula is C12H27NO. The Bertz CT molecular complexity index is 177. The van der Waals surface area contributed by atoms with Crippen molar-refractivity contribution in [1.82, 2.24) is 0 Å². The average Bonchev–Trinajstić information content (AvgIpc) is 1.79. The Morgan fingerprint density at radius 2 is 1.43 bits per heavy atom. The first-order valence-corrected chi connectivity index (χ1v) is 5.45. The molecule has 2 heteroatoms. The van der Waals surface area contributed by atoms with Gasteiger partial charge in [0, 0.05) is 12.1 Å². The standard InChI is InChI=1S/C12H27NO/c1-8-14-12(6,7)10(2,3)9-11(4,5)13/h8-9,13H2,1-7H3. The topological polar surface area (TPSA) is 35.2 Å². The second-order valence-electron chi connectivity index (χ2n) is 5.99. The van der Waals surface area contributed by atoms with E-state index in [0.717, 1.165) is 13.0 Å². The number of nitrogens with two attached hydrogens (primary N) is 1. The zero-order valence-electron chi connectivity index (χ0n) is 10.9. The second kappa shape index (κ2) is 4.19. The summed E-state index contributed by atoms with van der Waals surface area (Å²) >= 11 is 0. The molecule has 0 fully saturated rings. The van der Waals surface area contributed by atoms with Crippen LogP contribution in [0, 0.1) is 5.41 Å². The zero-order chi connectivity index (χ0) is 11.6. The highest BCUT2D eigenvalue weighted by molar-refractivity contribution is 4.93. The molecular weight excluding hydrogens is 174 g/mol. The molecule has 0 aromatic heterocycles. The van der Waals surface area contributed by atoms with Gasteiger partial charge in [0.25, 0.3) is 0 Å². The third-order valence-electron chi connectivity index (χ3n) is 3.03. The molecule has 14 heavy (non-hydrogen) atoms. The van der Waals surface area contributed by atoms with Crippen molar-refractivity contribution in [3.8, 4) is 0 Å². The molecule has 0 spiro atoms. The molecule has 0 saturated heterocycles. The summed E-state index contributed by atoms with van der Waals surface area (Å²) in [6, 6.07) is 0. The van der Waals surface area contributed by atoms with Gasteiger partial charge in [-0.3, -0.25) is 0 Å². The highest BCUT2D eigenvalue weighted by Crippen LogP contribution is 2.39. The summed E-state index contributed by atoms with van der Waals surface area (Å²) in [4.78, 5) is 0. The Kier molecular flexibility index (Phi) is 4.17. The van der Waals surface area contributed by atoms with Crippen LogP contribution >= 0.6 is 0 Å². The molecule has 2 N–H and O–H groups in total. The molecule has 2 nitrogen and oxygen atoms in total. The van der Waals surface area contributed by atoms with Gasteiger partial charge in [0.15, 0.2) is 0 Å². The molecule has 0 radical (unpaired) electrons. The van der Waals surface area contributed by atoms with E-state index < -0.39 is 0 Å². The fourth-order valence-corrected chi connectivity index (χ4v) is 1.91. The van der Waals surface area contributed by atoms with Crippen LogP contribution in [0.15, 0.2) is 0 Å². The van der Waals surface area contributed by atoms with E-state index in [2.05, 4.69) is 41.5 Å². The van der Waals surface area contributed by atoms with Crippen molar-refractivity contribution in [3.63, 3.8) is 0 Å². The Hall–Kier alpha value is -0.0800. The van der Waals surface area contributed by atoms with E-state index in [1.807, 2.05) is 6.92 Å². The second-order valence-corrected chi connectivity index (χ2v) is 5.99. The van der Waals surface area contributed by atoms with Crippen LogP contribution in [-0.4, -0.2) is 17.7 Å². The van der Waals surface area contributed by atoms with Gasteiger partial charge in [0.2, 0.25) is 0 Å². The summed E-state index contributed by atoms with van der Waals surface area (Å²) < 4.78 is 5.78. The largest absolute Gasteiger partial charge is 0.375 e. The molecule has 0 bridgehead atoms. The van der Waals surface area contributed by atoms with Crippen molar-refractivity contribution >= 4 is 0 Å². The molecule has 86 valence electrons. The van der Waals surface area contributed by atoms with Crippen LogP contribution in [0.1, 0.15) is 54.9 Å². The van der Waals surface area contributed by atoms with Crippen molar-refractivity contribution in [2.75, 3.05) is 6.61 Å². The third-order valence-corrected chi connectivity index (χ3v) is 3.03. The van der Waals surface area contributed by atoms with E-state index in [4.69, 9.17) is 10.5 Å². The predicted molar refractivity (Wildman–Crippen MR) is 62.4 cm³/mol. The van der Waals surface area contributed by atoms with Crippen molar-refractivity contribution in [1.29, 1.82) is 0 Å². The van der Waals surface area contributed by atoms with Crippen LogP contribution in [0.2, 0.25) is 0 Å². The van der Waals surface area contributed by atoms with Gasteiger partial charge in [-0.25, -0.2) is 0 Å². The minimum Gasteiger partial charge on any atom is -0.375 e. The summed E-state index contributed by atoms with van der Waals surface area (Å²) in [6.45, 7) is 15.6. The number of hydrogen-bond acceptors (Lipinski definition) is 2. The quantitative estimate of drug-likeness (QED) is 0.742. The molecule has 0 aromatic rings. The molecule has 0 amide bonds. The van der Waals surface area contributed by atoms with Gasteiger partial charge in [-0.15, -0.1) is 0 Å². The summed E-state index contributed by atoms with van der Waals surface area (Å²) in [5.41, 5.74) is 5.88. The SMILES string of the molecule is CCOC(C)(C)C(C)(C)CC(C)(C)N. The van der Waals surface area contributed by atoms with Gasteiger partial charge < -0.3 is 10.5 Å². The molecule has 0 saturated carbocycles. The van der Waals surface area contributed by atoms with Crippen LogP contribution in [0.4, 0.5) is 0 Å². The van der Waals surface area contributed by atoms with Crippen LogP contribution in [0.25, 0.3) is 0 Å². The maximum atomic E-state index is 6.06. The minimum absolute atomic E-state index is 0.0846. The lowest BCUT2D eigenvalue weighted by molar-refractivity contribution is -0.101. The first-order valence-electron chi connectivity index (χ1n) is 5.45. The van der Waals surface area contributed by atoms with Crippen molar-refractivity contribution in [2.24, 2.45) is 11.1 Å². The Labute approximate surface area is 89.2 Å². The number of rotatable bonds is 5. The summed E-state index contributed by atoms with van der Waals surface area (Å²) in [5.74, 6) is 0. The molecule has 0 heterocycles. The van der Waals surface area contributed by atoms with E-state index in [1.54, 1.807) is 0 Å². The lowest BCUT2D eigenvalue weighted by atomic mass is 9.70. The predicted octanol–water partition coefficient (Wildman–Crippen LogP) is 2.96. The van der Waals surface area contributed by atoms with Gasteiger partial charge in [0.05, 0.1) is 5.60 Å². The molecule has 0 atom stereocenters. The monoisotopic (exact) mass is 201 g/mol. The molecule has 0 aromatic carbocycles. The molecule has 0 aliphatic rings. The van der Waals surface area contributed by atoms with E-state index in [9.17, 15) is 0 Å². The van der Waals surface area contributed by atoms with Crippen LogP contribution in [0.5, 0.6) is 0 Å². The maximum Gasteiger partial charge on any atom is 0.0677 e. The summed E-state index contributed by atoms with van der Waals surface area (Å²) in [6.07, 6.45) is 0.951. The fourth-order valence-electron chi connectivity index (χ4n) is 1.91. The third kappa shape index (κ3) is 3.97. The van der Waals surface area contributed by atoms with E-state index in [0.29, 0.717) is 0 Å². The highest BCUT2D eigenvalue weighted by Gasteiger charge is 2.40. The van der Waals surface area contributed by atoms with Gasteiger partial charge in [-0.1, -0.05) is 13.8 Å². The van der Waals surface area contributed by atoms with Crippen LogP contribution < -0.4 is 5.73 Å². The minimum atomic E-state index is -0.141. The Balaban J connectivity index is 4.59. The zero-order valence-corrected chi connectivity index (χ0v) is 10.9. The molecule has 0 rings (SSSR count). The smallest absolute Gasteiger partial charge is 0.0677 e. The summed E-state index contributed by atoms with van der Waals surface area (Å²) in [5, 5.41) is 0. The summed E-state index contributed by atoms with van der Waals surface area (Å²) in [7, 11) is 0. The first-order chi connectivity index (χ1) is 6.02. The lowest BCUT2D eigenvalue weighted by Crippen LogP contribution is -2.48. The van der Waals surface area contributed by atoms with Crippen molar-refractivity contribution < 1.29 is 4.74 Å². The average molecular weight is 201 g/mol. The van der Waals surface area contributed by atoms with Crippen molar-refractivity contribution in [2.45, 2.75) is 66.0 Å². The first kappa shape index (κ1) is 13.9. The molecule has 0 aliphatic carbocycles. The van der Waals surface area contributed by atoms with Gasteiger partial charge in [0.1, 0.15) is 0 Å². The maximum absolute atomic E-state index is 6.06. The Morgan fingerprint density at radius 3 is 1.71 bits per heavy atom. The molecule has 0 aliphatic heterocycles. The molecule has 0 unspecified atom stereocenters. The highest BCUT2D eigenvalue weighted by atomic mass is 16.5. The van der Waals surface area contributed by atoms with Crippen LogP contribution in [-0.2, 0) is 4.74 Å². The van der Waals surface area contributed by atoms with Gasteiger partial charge in [-0.05, 0) is 46.5 Å².